The van der Waals surface area contributed by atoms with Gasteiger partial charge < -0.3 is 9.53 Å². The smallest absolute Gasteiger partial charge is 0.303 e. The minimum Gasteiger partial charge on any atom is -0.481 e. The van der Waals surface area contributed by atoms with Crippen molar-refractivity contribution in [2.75, 3.05) is 0 Å². The summed E-state index contributed by atoms with van der Waals surface area (Å²) in [5.74, 6) is 2.14. The summed E-state index contributed by atoms with van der Waals surface area (Å²) in [6, 6.07) is 0. The van der Waals surface area contributed by atoms with Crippen LogP contribution in [-0.4, -0.2) is 25.5 Å². The standard InChI is InChI=1S/C21H40O3Si/c1-16(2)13-14-19-18(11-9-7-8-10-12-21(22)23)17(3)15-20(19)24-25(4,5)6/h7,9,16-20H,8,10-15H2,1-6H3,(H,22,23)/b9-7-/t17-,18-,19+,20+/m0/s1. The van der Waals surface area contributed by atoms with Crippen LogP contribution in [-0.2, 0) is 9.22 Å². The molecule has 3 nitrogen and oxygen atoms in total. The summed E-state index contributed by atoms with van der Waals surface area (Å²) < 4.78 is 6.56. The third-order valence-corrected chi connectivity index (χ3v) is 6.29. The van der Waals surface area contributed by atoms with E-state index in [9.17, 15) is 4.79 Å². The summed E-state index contributed by atoms with van der Waals surface area (Å²) in [6.45, 7) is 13.9. The molecule has 146 valence electrons. The van der Waals surface area contributed by atoms with Crippen molar-refractivity contribution in [3.63, 3.8) is 0 Å². The van der Waals surface area contributed by atoms with E-state index in [0.717, 1.165) is 25.2 Å². The van der Waals surface area contributed by atoms with Crippen LogP contribution in [0.2, 0.25) is 19.6 Å². The van der Waals surface area contributed by atoms with E-state index in [1.165, 1.54) is 19.3 Å². The molecule has 4 atom stereocenters. The van der Waals surface area contributed by atoms with Gasteiger partial charge in [-0.25, -0.2) is 0 Å². The van der Waals surface area contributed by atoms with E-state index in [-0.39, 0.29) is 6.42 Å². The van der Waals surface area contributed by atoms with Crippen molar-refractivity contribution in [1.82, 2.24) is 0 Å². The maximum atomic E-state index is 10.6. The van der Waals surface area contributed by atoms with Crippen LogP contribution >= 0.6 is 0 Å². The van der Waals surface area contributed by atoms with Crippen molar-refractivity contribution >= 4 is 14.3 Å². The Morgan fingerprint density at radius 1 is 1.24 bits per heavy atom. The Hall–Kier alpha value is -0.613. The molecular weight excluding hydrogens is 328 g/mol. The minimum atomic E-state index is -1.51. The van der Waals surface area contributed by atoms with Gasteiger partial charge in [0.25, 0.3) is 0 Å². The Morgan fingerprint density at radius 2 is 1.92 bits per heavy atom. The largest absolute Gasteiger partial charge is 0.481 e. The first-order valence-electron chi connectivity index (χ1n) is 10.1. The van der Waals surface area contributed by atoms with Crippen molar-refractivity contribution < 1.29 is 14.3 Å². The second kappa shape index (κ2) is 10.5. The van der Waals surface area contributed by atoms with E-state index in [0.29, 0.717) is 23.9 Å². The van der Waals surface area contributed by atoms with Crippen LogP contribution in [0.25, 0.3) is 0 Å². The molecule has 0 heterocycles. The van der Waals surface area contributed by atoms with Crippen molar-refractivity contribution in [3.8, 4) is 0 Å². The van der Waals surface area contributed by atoms with Crippen molar-refractivity contribution in [2.45, 2.75) is 91.5 Å². The van der Waals surface area contributed by atoms with Crippen LogP contribution < -0.4 is 0 Å². The van der Waals surface area contributed by atoms with Gasteiger partial charge in [-0.15, -0.1) is 0 Å². The number of unbranched alkanes of at least 4 members (excludes halogenated alkanes) is 1. The molecule has 0 bridgehead atoms. The SMILES string of the molecule is CC(C)CC[C@@H]1[C@@H](C/C=C\CCCC(=O)O)[C@@H](C)C[C@H]1O[Si](C)(C)C. The average molecular weight is 369 g/mol. The molecule has 0 aromatic heterocycles. The highest BCUT2D eigenvalue weighted by molar-refractivity contribution is 6.69. The highest BCUT2D eigenvalue weighted by Crippen LogP contribution is 2.44. The molecule has 4 heteroatoms. The molecule has 0 aliphatic heterocycles. The van der Waals surface area contributed by atoms with Crippen LogP contribution in [0.1, 0.15) is 65.7 Å². The Balaban J connectivity index is 2.62. The number of carbonyl (C=O) groups is 1. The molecule has 0 radical (unpaired) electrons. The third kappa shape index (κ3) is 9.05. The van der Waals surface area contributed by atoms with E-state index in [1.807, 2.05) is 0 Å². The molecule has 0 saturated heterocycles. The Kier molecular flexibility index (Phi) is 9.43. The fourth-order valence-electron chi connectivity index (χ4n) is 4.08. The number of rotatable bonds is 11. The van der Waals surface area contributed by atoms with Crippen LogP contribution in [0.15, 0.2) is 12.2 Å². The zero-order chi connectivity index (χ0) is 19.0. The summed E-state index contributed by atoms with van der Waals surface area (Å²) in [5.41, 5.74) is 0. The molecule has 1 rings (SSSR count). The van der Waals surface area contributed by atoms with Crippen LogP contribution in [0, 0.1) is 23.7 Å². The number of aliphatic carboxylic acids is 1. The summed E-state index contributed by atoms with van der Waals surface area (Å²) in [6.07, 6.45) is 11.7. The van der Waals surface area contributed by atoms with E-state index in [2.05, 4.69) is 52.6 Å². The lowest BCUT2D eigenvalue weighted by atomic mass is 9.83. The van der Waals surface area contributed by atoms with Crippen LogP contribution in [0.5, 0.6) is 0 Å². The molecule has 1 fully saturated rings. The zero-order valence-corrected chi connectivity index (χ0v) is 18.3. The molecule has 0 amide bonds. The number of carboxylic acids is 1. The van der Waals surface area contributed by atoms with Gasteiger partial charge in [-0.1, -0.05) is 39.3 Å². The summed E-state index contributed by atoms with van der Waals surface area (Å²) in [5, 5.41) is 8.70. The van der Waals surface area contributed by atoms with Gasteiger partial charge in [0.1, 0.15) is 0 Å². The molecule has 1 saturated carbocycles. The van der Waals surface area contributed by atoms with Crippen LogP contribution in [0.3, 0.4) is 0 Å². The predicted octanol–water partition coefficient (Wildman–Crippen LogP) is 6.12. The first-order chi connectivity index (χ1) is 11.6. The number of allylic oxidation sites excluding steroid dienone is 2. The molecule has 1 aliphatic carbocycles. The molecule has 0 unspecified atom stereocenters. The summed E-state index contributed by atoms with van der Waals surface area (Å²) in [4.78, 5) is 10.6. The van der Waals surface area contributed by atoms with Crippen molar-refractivity contribution in [1.29, 1.82) is 0 Å². The van der Waals surface area contributed by atoms with Gasteiger partial charge in [0, 0.05) is 12.5 Å². The van der Waals surface area contributed by atoms with Gasteiger partial charge >= 0.3 is 5.97 Å². The number of hydrogen-bond acceptors (Lipinski definition) is 2. The normalized spacial score (nSPS) is 27.5. The molecule has 1 N–H and O–H groups in total. The summed E-state index contributed by atoms with van der Waals surface area (Å²) >= 11 is 0. The van der Waals surface area contributed by atoms with E-state index in [4.69, 9.17) is 9.53 Å². The molecular formula is C21H40O3Si. The van der Waals surface area contributed by atoms with Crippen molar-refractivity contribution in [2.24, 2.45) is 23.7 Å². The lowest BCUT2D eigenvalue weighted by molar-refractivity contribution is -0.137. The van der Waals surface area contributed by atoms with Gasteiger partial charge in [0.05, 0.1) is 0 Å². The fraction of sp³-hybridized carbons (Fsp3) is 0.857. The Bertz CT molecular complexity index is 425. The van der Waals surface area contributed by atoms with Crippen LogP contribution in [0.4, 0.5) is 0 Å². The predicted molar refractivity (Wildman–Crippen MR) is 108 cm³/mol. The average Bonchev–Trinajstić information content (AvgIpc) is 2.73. The maximum absolute atomic E-state index is 10.6. The second-order valence-electron chi connectivity index (χ2n) is 9.27. The second-order valence-corrected chi connectivity index (χ2v) is 13.7. The lowest BCUT2D eigenvalue weighted by Gasteiger charge is -2.30. The third-order valence-electron chi connectivity index (χ3n) is 5.28. The molecule has 25 heavy (non-hydrogen) atoms. The van der Waals surface area contributed by atoms with Gasteiger partial charge in [0.15, 0.2) is 8.32 Å². The first-order valence-corrected chi connectivity index (χ1v) is 13.6. The van der Waals surface area contributed by atoms with Crippen molar-refractivity contribution in [3.05, 3.63) is 12.2 Å². The molecule has 0 spiro atoms. The quantitative estimate of drug-likeness (QED) is 0.271. The van der Waals surface area contributed by atoms with Gasteiger partial charge in [-0.05, 0) is 75.4 Å². The zero-order valence-electron chi connectivity index (χ0n) is 17.3. The Morgan fingerprint density at radius 3 is 2.48 bits per heavy atom. The number of hydrogen-bond donors (Lipinski definition) is 1. The van der Waals surface area contributed by atoms with Gasteiger partial charge in [-0.3, -0.25) is 4.79 Å². The highest BCUT2D eigenvalue weighted by atomic mass is 28.4. The molecule has 1 aliphatic rings. The number of carboxylic acid groups (broad SMARTS) is 1. The first kappa shape index (κ1) is 22.4. The molecule has 0 aromatic rings. The van der Waals surface area contributed by atoms with Gasteiger partial charge in [0.2, 0.25) is 0 Å². The lowest BCUT2D eigenvalue weighted by Crippen LogP contribution is -2.35. The monoisotopic (exact) mass is 368 g/mol. The van der Waals surface area contributed by atoms with E-state index < -0.39 is 14.3 Å². The highest BCUT2D eigenvalue weighted by Gasteiger charge is 2.42. The summed E-state index contributed by atoms with van der Waals surface area (Å²) in [7, 11) is -1.51. The van der Waals surface area contributed by atoms with E-state index >= 15 is 0 Å². The minimum absolute atomic E-state index is 0.271. The maximum Gasteiger partial charge on any atom is 0.303 e. The molecule has 0 aromatic carbocycles. The Labute approximate surface area is 156 Å². The topological polar surface area (TPSA) is 46.5 Å². The fourth-order valence-corrected chi connectivity index (χ4v) is 5.26. The van der Waals surface area contributed by atoms with E-state index in [1.54, 1.807) is 0 Å². The van der Waals surface area contributed by atoms with Gasteiger partial charge in [-0.2, -0.15) is 0 Å².